The minimum Gasteiger partial charge on any atom is -0.324 e. The molecule has 0 aliphatic heterocycles. The first-order valence-electron chi connectivity index (χ1n) is 8.68. The third-order valence-electron chi connectivity index (χ3n) is 5.17. The molecule has 26 heavy (non-hydrogen) atoms. The number of hydrogen-bond donors (Lipinski definition) is 2. The highest BCUT2D eigenvalue weighted by atomic mass is 31.2. The average Bonchev–Trinajstić information content (AvgIpc) is 2.93. The summed E-state index contributed by atoms with van der Waals surface area (Å²) < 4.78 is 11.4. The molecule has 0 atom stereocenters. The van der Waals surface area contributed by atoms with Gasteiger partial charge in [0.1, 0.15) is 0 Å². The van der Waals surface area contributed by atoms with Crippen molar-refractivity contribution in [2.75, 3.05) is 6.16 Å². The van der Waals surface area contributed by atoms with E-state index in [1.165, 1.54) is 11.1 Å². The van der Waals surface area contributed by atoms with Crippen molar-refractivity contribution < 1.29 is 14.4 Å². The van der Waals surface area contributed by atoms with Crippen molar-refractivity contribution in [1.29, 1.82) is 0 Å². The van der Waals surface area contributed by atoms with Gasteiger partial charge in [-0.1, -0.05) is 54.6 Å². The number of nitrogens with zero attached hydrogens (tertiary/aromatic N) is 1. The van der Waals surface area contributed by atoms with Crippen molar-refractivity contribution in [3.63, 3.8) is 0 Å². The number of pyridine rings is 1. The third-order valence-corrected chi connectivity index (χ3v) is 6.07. The van der Waals surface area contributed by atoms with Crippen molar-refractivity contribution in [1.82, 2.24) is 4.98 Å². The van der Waals surface area contributed by atoms with Crippen LogP contribution >= 0.6 is 7.60 Å². The van der Waals surface area contributed by atoms with E-state index >= 15 is 0 Å². The molecule has 0 spiro atoms. The predicted octanol–water partition coefficient (Wildman–Crippen LogP) is 4.35. The second-order valence-corrected chi connectivity index (χ2v) is 8.48. The Kier molecular flexibility index (Phi) is 4.28. The zero-order valence-corrected chi connectivity index (χ0v) is 15.1. The van der Waals surface area contributed by atoms with Crippen molar-refractivity contribution in [3.8, 4) is 11.1 Å². The van der Waals surface area contributed by atoms with E-state index in [4.69, 9.17) is 0 Å². The minimum atomic E-state index is -4.03. The standard InChI is InChI=1S/C21H20NO3P/c23-26(24,25)15-7-13-21(20-12-5-6-14-22-20)18-10-3-1-8-16(18)17-9-2-4-11-19(17)21/h1-6,8-12,14H,7,13,15H2,(H2,23,24,25). The van der Waals surface area contributed by atoms with Crippen LogP contribution in [-0.2, 0) is 9.98 Å². The molecule has 4 nitrogen and oxygen atoms in total. The molecule has 5 heteroatoms. The van der Waals surface area contributed by atoms with E-state index in [2.05, 4.69) is 29.2 Å². The van der Waals surface area contributed by atoms with Gasteiger partial charge in [-0.2, -0.15) is 0 Å². The number of rotatable bonds is 5. The van der Waals surface area contributed by atoms with Crippen LogP contribution in [-0.4, -0.2) is 20.9 Å². The number of benzene rings is 2. The Hall–Kier alpha value is -2.26. The molecule has 2 aromatic carbocycles. The Morgan fingerprint density at radius 2 is 1.42 bits per heavy atom. The molecule has 0 bridgehead atoms. The van der Waals surface area contributed by atoms with E-state index in [0.717, 1.165) is 16.8 Å². The highest BCUT2D eigenvalue weighted by Crippen LogP contribution is 2.54. The van der Waals surface area contributed by atoms with E-state index in [1.807, 2.05) is 42.5 Å². The van der Waals surface area contributed by atoms with E-state index in [0.29, 0.717) is 12.8 Å². The molecule has 0 fully saturated rings. The molecule has 0 amide bonds. The van der Waals surface area contributed by atoms with E-state index in [-0.39, 0.29) is 6.16 Å². The van der Waals surface area contributed by atoms with Gasteiger partial charge in [0.2, 0.25) is 0 Å². The normalized spacial score (nSPS) is 14.7. The summed E-state index contributed by atoms with van der Waals surface area (Å²) in [4.78, 5) is 23.3. The van der Waals surface area contributed by atoms with E-state index in [9.17, 15) is 14.4 Å². The Balaban J connectivity index is 1.92. The van der Waals surface area contributed by atoms with E-state index < -0.39 is 13.0 Å². The molecule has 0 saturated heterocycles. The fourth-order valence-corrected chi connectivity index (χ4v) is 4.73. The fraction of sp³-hybridized carbons (Fsp3) is 0.190. The van der Waals surface area contributed by atoms with Gasteiger partial charge >= 0.3 is 7.60 Å². The SMILES string of the molecule is O=P(O)(O)CCCC1(c2ccccn2)c2ccccc2-c2ccccc21. The van der Waals surface area contributed by atoms with Gasteiger partial charge in [0, 0.05) is 12.4 Å². The molecule has 1 heterocycles. The molecule has 3 aromatic rings. The molecule has 1 aliphatic rings. The maximum absolute atomic E-state index is 11.4. The average molecular weight is 365 g/mol. The molecule has 132 valence electrons. The lowest BCUT2D eigenvalue weighted by atomic mass is 9.72. The summed E-state index contributed by atoms with van der Waals surface area (Å²) in [5, 5.41) is 0. The van der Waals surface area contributed by atoms with Gasteiger partial charge in [-0.05, 0) is 47.2 Å². The summed E-state index contributed by atoms with van der Waals surface area (Å²) in [5.74, 6) is 0. The molecule has 4 rings (SSSR count). The molecule has 0 saturated carbocycles. The summed E-state index contributed by atoms with van der Waals surface area (Å²) in [6, 6.07) is 22.4. The summed E-state index contributed by atoms with van der Waals surface area (Å²) in [6.45, 7) is 0. The van der Waals surface area contributed by atoms with Crippen molar-refractivity contribution in [2.45, 2.75) is 18.3 Å². The minimum absolute atomic E-state index is 0.119. The monoisotopic (exact) mass is 365 g/mol. The molecule has 0 unspecified atom stereocenters. The van der Waals surface area contributed by atoms with Crippen molar-refractivity contribution >= 4 is 7.60 Å². The van der Waals surface area contributed by atoms with Gasteiger partial charge in [-0.25, -0.2) is 0 Å². The molecule has 0 radical (unpaired) electrons. The summed E-state index contributed by atoms with van der Waals surface area (Å²) in [6.07, 6.45) is 2.68. The Bertz CT molecular complexity index is 936. The van der Waals surface area contributed by atoms with Crippen LogP contribution in [0.4, 0.5) is 0 Å². The lowest BCUT2D eigenvalue weighted by Gasteiger charge is -2.32. The van der Waals surface area contributed by atoms with Crippen LogP contribution in [0.2, 0.25) is 0 Å². The summed E-state index contributed by atoms with van der Waals surface area (Å²) in [5.41, 5.74) is 5.10. The zero-order chi connectivity index (χ0) is 18.2. The van der Waals surface area contributed by atoms with Gasteiger partial charge in [0.15, 0.2) is 0 Å². The lowest BCUT2D eigenvalue weighted by Crippen LogP contribution is -2.28. The maximum Gasteiger partial charge on any atom is 0.325 e. The van der Waals surface area contributed by atoms with Gasteiger partial charge < -0.3 is 9.79 Å². The highest BCUT2D eigenvalue weighted by molar-refractivity contribution is 7.51. The van der Waals surface area contributed by atoms with Crippen LogP contribution in [0, 0.1) is 0 Å². The first kappa shape index (κ1) is 17.2. The Morgan fingerprint density at radius 3 is 1.96 bits per heavy atom. The molecule has 1 aromatic heterocycles. The molecular formula is C21H20NO3P. The van der Waals surface area contributed by atoms with Crippen LogP contribution in [0.1, 0.15) is 29.7 Å². The number of aromatic nitrogens is 1. The topological polar surface area (TPSA) is 70.4 Å². The Morgan fingerprint density at radius 1 is 0.846 bits per heavy atom. The lowest BCUT2D eigenvalue weighted by molar-refractivity contribution is 0.369. The second kappa shape index (κ2) is 6.48. The molecule has 2 N–H and O–H groups in total. The smallest absolute Gasteiger partial charge is 0.324 e. The quantitative estimate of drug-likeness (QED) is 0.660. The zero-order valence-electron chi connectivity index (χ0n) is 14.2. The molecule has 1 aliphatic carbocycles. The molecular weight excluding hydrogens is 345 g/mol. The van der Waals surface area contributed by atoms with Gasteiger partial charge in [0.25, 0.3) is 0 Å². The van der Waals surface area contributed by atoms with Crippen molar-refractivity contribution in [2.24, 2.45) is 0 Å². The third kappa shape index (κ3) is 2.80. The first-order valence-corrected chi connectivity index (χ1v) is 10.5. The van der Waals surface area contributed by atoms with E-state index in [1.54, 1.807) is 6.20 Å². The fourth-order valence-electron chi connectivity index (χ4n) is 4.16. The summed E-state index contributed by atoms with van der Waals surface area (Å²) >= 11 is 0. The highest BCUT2D eigenvalue weighted by Gasteiger charge is 2.45. The van der Waals surface area contributed by atoms with Crippen LogP contribution in [0.5, 0.6) is 0 Å². The van der Waals surface area contributed by atoms with Crippen LogP contribution in [0.15, 0.2) is 72.9 Å². The summed E-state index contributed by atoms with van der Waals surface area (Å²) in [7, 11) is -4.03. The number of hydrogen-bond acceptors (Lipinski definition) is 2. The Labute approximate surface area is 152 Å². The second-order valence-electron chi connectivity index (χ2n) is 6.70. The van der Waals surface area contributed by atoms with Crippen LogP contribution in [0.25, 0.3) is 11.1 Å². The first-order chi connectivity index (χ1) is 12.5. The van der Waals surface area contributed by atoms with Gasteiger partial charge in [-0.3, -0.25) is 9.55 Å². The van der Waals surface area contributed by atoms with Crippen LogP contribution < -0.4 is 0 Å². The number of fused-ring (bicyclic) bond motifs is 3. The maximum atomic E-state index is 11.4. The van der Waals surface area contributed by atoms with Crippen LogP contribution in [0.3, 0.4) is 0 Å². The van der Waals surface area contributed by atoms with Gasteiger partial charge in [-0.15, -0.1) is 0 Å². The van der Waals surface area contributed by atoms with Gasteiger partial charge in [0.05, 0.1) is 11.1 Å². The van der Waals surface area contributed by atoms with Crippen molar-refractivity contribution in [3.05, 3.63) is 89.7 Å². The predicted molar refractivity (Wildman–Crippen MR) is 102 cm³/mol. The largest absolute Gasteiger partial charge is 0.325 e.